The van der Waals surface area contributed by atoms with Gasteiger partial charge in [0.15, 0.2) is 6.04 Å². The van der Waals surface area contributed by atoms with Crippen molar-refractivity contribution in [1.29, 1.82) is 0 Å². The summed E-state index contributed by atoms with van der Waals surface area (Å²) in [5.41, 5.74) is 0. The summed E-state index contributed by atoms with van der Waals surface area (Å²) in [5.74, 6) is -2.30. The lowest BCUT2D eigenvalue weighted by Crippen LogP contribution is -2.44. The molecule has 8 heteroatoms. The van der Waals surface area contributed by atoms with Gasteiger partial charge in [0.1, 0.15) is 0 Å². The number of rotatable bonds is 16. The largest absolute Gasteiger partial charge is 0.573 e. The van der Waals surface area contributed by atoms with E-state index in [-0.39, 0.29) is 11.1 Å². The van der Waals surface area contributed by atoms with Crippen LogP contribution < -0.4 is 4.89 Å². The molecule has 0 aromatic heterocycles. The maximum absolute atomic E-state index is 11.9. The minimum atomic E-state index is -3.38. The Labute approximate surface area is 151 Å². The van der Waals surface area contributed by atoms with Gasteiger partial charge in [-0.05, 0) is 11.0 Å². The van der Waals surface area contributed by atoms with Crippen molar-refractivity contribution in [3.8, 4) is 0 Å². The zero-order valence-corrected chi connectivity index (χ0v) is 16.1. The Balaban J connectivity index is 3.87. The number of aliphatic carboxylic acids is 1. The standard InChI is InChI=1S/C17H32NO6P/c1-2-3-4-5-6-7-8-9-10-11-12-13-16(20)18(25(23)24)15(14-19)17(21)22/h15,19H,2-14H2,1H3,(H,21,22). The minimum Gasteiger partial charge on any atom is -0.573 e. The van der Waals surface area contributed by atoms with E-state index in [0.717, 1.165) is 19.3 Å². The van der Waals surface area contributed by atoms with E-state index < -0.39 is 32.7 Å². The van der Waals surface area contributed by atoms with Crippen molar-refractivity contribution in [3.05, 3.63) is 0 Å². The molecule has 0 bridgehead atoms. The van der Waals surface area contributed by atoms with Crippen LogP contribution in [0.5, 0.6) is 0 Å². The molecule has 0 aliphatic heterocycles. The Morgan fingerprint density at radius 3 is 1.76 bits per heavy atom. The molecule has 2 N–H and O–H groups in total. The average molecular weight is 377 g/mol. The number of hydrogen-bond donors (Lipinski definition) is 2. The normalized spacial score (nSPS) is 12.7. The number of aliphatic hydroxyl groups excluding tert-OH is 1. The molecule has 146 valence electrons. The second-order valence-corrected chi connectivity index (χ2v) is 7.20. The molecular formula is C17H32NO6P. The van der Waals surface area contributed by atoms with E-state index in [0.29, 0.717) is 6.42 Å². The molecule has 0 saturated heterocycles. The molecule has 0 aromatic rings. The van der Waals surface area contributed by atoms with Crippen LogP contribution >= 0.6 is 8.18 Å². The third-order valence-electron chi connectivity index (χ3n) is 4.18. The Morgan fingerprint density at radius 2 is 1.40 bits per heavy atom. The predicted molar refractivity (Wildman–Crippen MR) is 94.0 cm³/mol. The fourth-order valence-electron chi connectivity index (χ4n) is 2.69. The zero-order valence-electron chi connectivity index (χ0n) is 15.2. The molecule has 0 fully saturated rings. The highest BCUT2D eigenvalue weighted by Crippen LogP contribution is 2.23. The summed E-state index contributed by atoms with van der Waals surface area (Å²) in [6.45, 7) is 1.27. The number of nitrogens with zero attached hydrogens (tertiary/aromatic N) is 1. The molecule has 2 atom stereocenters. The van der Waals surface area contributed by atoms with Gasteiger partial charge in [0.2, 0.25) is 0 Å². The minimum absolute atomic E-state index is 0.0237. The number of aliphatic hydroxyl groups is 1. The van der Waals surface area contributed by atoms with Crippen molar-refractivity contribution < 1.29 is 29.3 Å². The van der Waals surface area contributed by atoms with Crippen molar-refractivity contribution >= 4 is 20.1 Å². The lowest BCUT2D eigenvalue weighted by Gasteiger charge is -2.18. The monoisotopic (exact) mass is 377 g/mol. The molecule has 0 rings (SSSR count). The van der Waals surface area contributed by atoms with Crippen molar-refractivity contribution in [3.63, 3.8) is 0 Å². The number of amides is 1. The van der Waals surface area contributed by atoms with Gasteiger partial charge < -0.3 is 15.1 Å². The molecule has 7 nitrogen and oxygen atoms in total. The van der Waals surface area contributed by atoms with Crippen LogP contribution in [0.1, 0.15) is 84.0 Å². The van der Waals surface area contributed by atoms with E-state index in [2.05, 4.69) is 6.92 Å². The van der Waals surface area contributed by atoms with Crippen LogP contribution in [0.25, 0.3) is 0 Å². The van der Waals surface area contributed by atoms with E-state index in [4.69, 9.17) is 10.2 Å². The van der Waals surface area contributed by atoms with Crippen LogP contribution in [-0.2, 0) is 14.2 Å². The van der Waals surface area contributed by atoms with Gasteiger partial charge in [0.05, 0.1) is 6.61 Å². The SMILES string of the molecule is CCCCCCCCCCCCCC(=O)N(C(CO)C(=O)O)[P+](=O)[O-]. The van der Waals surface area contributed by atoms with E-state index >= 15 is 0 Å². The van der Waals surface area contributed by atoms with E-state index in [9.17, 15) is 19.0 Å². The summed E-state index contributed by atoms with van der Waals surface area (Å²) in [6.07, 6.45) is 12.2. The van der Waals surface area contributed by atoms with Gasteiger partial charge in [-0.3, -0.25) is 4.79 Å². The van der Waals surface area contributed by atoms with Gasteiger partial charge in [-0.1, -0.05) is 71.1 Å². The van der Waals surface area contributed by atoms with E-state index in [1.807, 2.05) is 0 Å². The third-order valence-corrected chi connectivity index (χ3v) is 5.03. The molecule has 0 spiro atoms. The van der Waals surface area contributed by atoms with Crippen LogP contribution in [0.2, 0.25) is 0 Å². The molecule has 2 unspecified atom stereocenters. The highest BCUT2D eigenvalue weighted by molar-refractivity contribution is 7.34. The number of unbranched alkanes of at least 4 members (excludes halogenated alkanes) is 10. The fourth-order valence-corrected chi connectivity index (χ4v) is 3.38. The first-order chi connectivity index (χ1) is 12.0. The molecule has 1 amide bonds. The lowest BCUT2D eigenvalue weighted by molar-refractivity contribution is -0.183. The van der Waals surface area contributed by atoms with Crippen LogP contribution in [0.4, 0.5) is 0 Å². The number of carboxylic acid groups (broad SMARTS) is 1. The smallest absolute Gasteiger partial charge is 0.443 e. The quantitative estimate of drug-likeness (QED) is 0.315. The Hall–Kier alpha value is -1.04. The van der Waals surface area contributed by atoms with Gasteiger partial charge in [-0.2, -0.15) is 0 Å². The molecule has 0 radical (unpaired) electrons. The summed E-state index contributed by atoms with van der Waals surface area (Å²) in [6, 6.07) is -1.73. The molecule has 0 aliphatic rings. The predicted octanol–water partition coefficient (Wildman–Crippen LogP) is 2.98. The number of carbonyl (C=O) groups is 2. The molecule has 0 aromatic carbocycles. The third kappa shape index (κ3) is 11.2. The first-order valence-electron chi connectivity index (χ1n) is 9.25. The van der Waals surface area contributed by atoms with Crippen LogP contribution in [0, 0.1) is 0 Å². The van der Waals surface area contributed by atoms with Gasteiger partial charge >= 0.3 is 14.1 Å². The summed E-state index contributed by atoms with van der Waals surface area (Å²) in [7, 11) is -3.38. The van der Waals surface area contributed by atoms with Crippen LogP contribution in [0.3, 0.4) is 0 Å². The highest BCUT2D eigenvalue weighted by atomic mass is 31.1. The molecule has 0 heterocycles. The van der Waals surface area contributed by atoms with Crippen molar-refractivity contribution in [1.82, 2.24) is 4.67 Å². The fraction of sp³-hybridized carbons (Fsp3) is 0.882. The summed E-state index contributed by atoms with van der Waals surface area (Å²) in [5, 5.41) is 17.9. The van der Waals surface area contributed by atoms with Gasteiger partial charge in [-0.15, -0.1) is 4.67 Å². The van der Waals surface area contributed by atoms with Crippen molar-refractivity contribution in [2.75, 3.05) is 6.61 Å². The molecule has 25 heavy (non-hydrogen) atoms. The van der Waals surface area contributed by atoms with E-state index in [1.165, 1.54) is 44.9 Å². The molecule has 0 saturated carbocycles. The van der Waals surface area contributed by atoms with Gasteiger partial charge in [-0.25, -0.2) is 4.79 Å². The summed E-state index contributed by atoms with van der Waals surface area (Å²) in [4.78, 5) is 34.0. The van der Waals surface area contributed by atoms with E-state index in [1.54, 1.807) is 0 Å². The Bertz CT molecular complexity index is 405. The first kappa shape index (κ1) is 24.0. The van der Waals surface area contributed by atoms with Crippen molar-refractivity contribution in [2.45, 2.75) is 90.0 Å². The topological polar surface area (TPSA) is 118 Å². The lowest BCUT2D eigenvalue weighted by atomic mass is 10.1. The maximum atomic E-state index is 11.9. The summed E-state index contributed by atoms with van der Waals surface area (Å²) >= 11 is 0. The van der Waals surface area contributed by atoms with Gasteiger partial charge in [0, 0.05) is 6.42 Å². The number of carboxylic acids is 1. The average Bonchev–Trinajstić information content (AvgIpc) is 2.56. The van der Waals surface area contributed by atoms with Crippen molar-refractivity contribution in [2.24, 2.45) is 0 Å². The van der Waals surface area contributed by atoms with Gasteiger partial charge in [0.25, 0.3) is 5.91 Å². The zero-order chi connectivity index (χ0) is 19.1. The Kier molecular flexibility index (Phi) is 14.6. The second kappa shape index (κ2) is 15.2. The first-order valence-corrected chi connectivity index (χ1v) is 10.4. The van der Waals surface area contributed by atoms with Crippen LogP contribution in [-0.4, -0.2) is 39.4 Å². The maximum Gasteiger partial charge on any atom is 0.443 e. The van der Waals surface area contributed by atoms with Crippen LogP contribution in [0.15, 0.2) is 0 Å². The summed E-state index contributed by atoms with van der Waals surface area (Å²) < 4.78 is 11.4. The second-order valence-electron chi connectivity index (χ2n) is 6.30. The Morgan fingerprint density at radius 1 is 0.960 bits per heavy atom. The molecule has 0 aliphatic carbocycles. The number of hydrogen-bond acceptors (Lipinski definition) is 5. The number of carbonyl (C=O) groups excluding carboxylic acids is 1. The molecular weight excluding hydrogens is 345 g/mol. The highest BCUT2D eigenvalue weighted by Gasteiger charge is 2.37.